The minimum Gasteiger partial charge on any atom is -0.456 e. The predicted molar refractivity (Wildman–Crippen MR) is 183 cm³/mol. The van der Waals surface area contributed by atoms with Gasteiger partial charge in [0.1, 0.15) is 11.2 Å². The summed E-state index contributed by atoms with van der Waals surface area (Å²) in [5.41, 5.74) is 9.11. The summed E-state index contributed by atoms with van der Waals surface area (Å²) in [6.07, 6.45) is 0. The fourth-order valence-corrected chi connectivity index (χ4v) is 7.02. The van der Waals surface area contributed by atoms with Gasteiger partial charge in [0.25, 0.3) is 0 Å². The van der Waals surface area contributed by atoms with Crippen LogP contribution in [0.1, 0.15) is 0 Å². The van der Waals surface area contributed by atoms with Crippen molar-refractivity contribution in [1.29, 1.82) is 0 Å². The SMILES string of the molecule is c1ccc(-c2cc(-c3c4ccccc4c(-c4cccc5ccccc45)c4ccccc34)cc3oc4ccccc4c23)cc1. The van der Waals surface area contributed by atoms with Gasteiger partial charge in [-0.1, -0.05) is 140 Å². The minimum atomic E-state index is 0.906. The Labute approximate surface area is 249 Å². The van der Waals surface area contributed by atoms with E-state index in [1.807, 2.05) is 6.07 Å². The Morgan fingerprint density at radius 2 is 0.884 bits per heavy atom. The molecule has 0 amide bonds. The Bertz CT molecular complexity index is 2440. The highest BCUT2D eigenvalue weighted by atomic mass is 16.3. The number of rotatable bonds is 3. The molecule has 1 aromatic heterocycles. The van der Waals surface area contributed by atoms with Crippen molar-refractivity contribution in [3.63, 3.8) is 0 Å². The van der Waals surface area contributed by atoms with Gasteiger partial charge in [-0.3, -0.25) is 0 Å². The molecule has 8 aromatic carbocycles. The summed E-state index contributed by atoms with van der Waals surface area (Å²) in [5.74, 6) is 0. The molecule has 0 aliphatic heterocycles. The summed E-state index contributed by atoms with van der Waals surface area (Å²) in [7, 11) is 0. The quantitative estimate of drug-likeness (QED) is 0.201. The summed E-state index contributed by atoms with van der Waals surface area (Å²) in [4.78, 5) is 0. The Balaban J connectivity index is 1.44. The first-order valence-electron chi connectivity index (χ1n) is 14.8. The van der Waals surface area contributed by atoms with E-state index in [1.165, 1.54) is 60.1 Å². The van der Waals surface area contributed by atoms with E-state index in [2.05, 4.69) is 152 Å². The minimum absolute atomic E-state index is 0.906. The molecule has 1 nitrogen and oxygen atoms in total. The van der Waals surface area contributed by atoms with Crippen molar-refractivity contribution < 1.29 is 4.42 Å². The van der Waals surface area contributed by atoms with E-state index in [9.17, 15) is 0 Å². The van der Waals surface area contributed by atoms with Crippen LogP contribution < -0.4 is 0 Å². The van der Waals surface area contributed by atoms with Crippen LogP contribution in [0.15, 0.2) is 162 Å². The molecule has 0 N–H and O–H groups in total. The highest BCUT2D eigenvalue weighted by Crippen LogP contribution is 2.47. The molecule has 0 spiro atoms. The van der Waals surface area contributed by atoms with Crippen molar-refractivity contribution in [3.05, 3.63) is 158 Å². The predicted octanol–water partition coefficient (Wildman–Crippen LogP) is 12.0. The Hall–Kier alpha value is -5.66. The Morgan fingerprint density at radius 3 is 1.60 bits per heavy atom. The monoisotopic (exact) mass is 546 g/mol. The maximum absolute atomic E-state index is 6.54. The molecular weight excluding hydrogens is 520 g/mol. The van der Waals surface area contributed by atoms with Crippen molar-refractivity contribution >= 4 is 54.3 Å². The lowest BCUT2D eigenvalue weighted by Crippen LogP contribution is -1.92. The fraction of sp³-hybridized carbons (Fsp3) is 0. The van der Waals surface area contributed by atoms with Crippen LogP contribution in [0.25, 0.3) is 87.6 Å². The van der Waals surface area contributed by atoms with Crippen molar-refractivity contribution in [2.45, 2.75) is 0 Å². The van der Waals surface area contributed by atoms with Gasteiger partial charge in [-0.05, 0) is 83.9 Å². The third kappa shape index (κ3) is 3.65. The van der Waals surface area contributed by atoms with E-state index in [4.69, 9.17) is 4.42 Å². The van der Waals surface area contributed by atoms with Gasteiger partial charge in [0.15, 0.2) is 0 Å². The van der Waals surface area contributed by atoms with Gasteiger partial charge in [0.2, 0.25) is 0 Å². The lowest BCUT2D eigenvalue weighted by Gasteiger charge is -2.19. The summed E-state index contributed by atoms with van der Waals surface area (Å²) < 4.78 is 6.54. The van der Waals surface area contributed by atoms with Crippen molar-refractivity contribution in [1.82, 2.24) is 0 Å². The largest absolute Gasteiger partial charge is 0.456 e. The Kier molecular flexibility index (Phi) is 5.27. The van der Waals surface area contributed by atoms with E-state index in [-0.39, 0.29) is 0 Å². The van der Waals surface area contributed by atoms with Crippen molar-refractivity contribution in [2.24, 2.45) is 0 Å². The van der Waals surface area contributed by atoms with Crippen molar-refractivity contribution in [2.75, 3.05) is 0 Å². The first-order valence-corrected chi connectivity index (χ1v) is 14.8. The normalized spacial score (nSPS) is 11.7. The first kappa shape index (κ1) is 24.0. The number of fused-ring (bicyclic) bond motifs is 6. The van der Waals surface area contributed by atoms with Crippen LogP contribution in [0.2, 0.25) is 0 Å². The molecule has 1 heteroatoms. The van der Waals surface area contributed by atoms with Gasteiger partial charge >= 0.3 is 0 Å². The maximum Gasteiger partial charge on any atom is 0.136 e. The van der Waals surface area contributed by atoms with Gasteiger partial charge < -0.3 is 4.42 Å². The zero-order chi connectivity index (χ0) is 28.3. The van der Waals surface area contributed by atoms with Gasteiger partial charge in [-0.2, -0.15) is 0 Å². The standard InChI is InChI=1S/C42H26O/c1-2-13-28(14-3-1)37-25-29(26-39-42(37)36-22-10-11-24-38(36)43-39)40-32-18-6-8-20-34(32)41(35-21-9-7-19-33(35)40)31-23-12-16-27-15-4-5-17-30(27)31/h1-26H. The molecule has 0 aliphatic carbocycles. The lowest BCUT2D eigenvalue weighted by molar-refractivity contribution is 0.669. The smallest absolute Gasteiger partial charge is 0.136 e. The average molecular weight is 547 g/mol. The molecular formula is C42H26O. The molecule has 0 saturated heterocycles. The van der Waals surface area contributed by atoms with Gasteiger partial charge in [-0.15, -0.1) is 0 Å². The van der Waals surface area contributed by atoms with Crippen LogP contribution in [-0.2, 0) is 0 Å². The number of hydrogen-bond donors (Lipinski definition) is 0. The molecule has 0 unspecified atom stereocenters. The fourth-order valence-electron chi connectivity index (χ4n) is 7.02. The summed E-state index contributed by atoms with van der Waals surface area (Å²) >= 11 is 0. The zero-order valence-corrected chi connectivity index (χ0v) is 23.4. The molecule has 9 rings (SSSR count). The molecule has 0 radical (unpaired) electrons. The number of para-hydroxylation sites is 1. The first-order chi connectivity index (χ1) is 21.3. The lowest BCUT2D eigenvalue weighted by atomic mass is 9.84. The summed E-state index contributed by atoms with van der Waals surface area (Å²) in [5, 5.41) is 9.79. The number of furan rings is 1. The molecule has 0 bridgehead atoms. The Morgan fingerprint density at radius 1 is 0.326 bits per heavy atom. The second-order valence-corrected chi connectivity index (χ2v) is 11.2. The van der Waals surface area contributed by atoms with Gasteiger partial charge in [0, 0.05) is 10.8 Å². The molecule has 1 heterocycles. The second-order valence-electron chi connectivity index (χ2n) is 11.2. The molecule has 200 valence electrons. The maximum atomic E-state index is 6.54. The van der Waals surface area contributed by atoms with Crippen LogP contribution in [0.4, 0.5) is 0 Å². The third-order valence-corrected chi connectivity index (χ3v) is 8.84. The second kappa shape index (κ2) is 9.44. The van der Waals surface area contributed by atoms with Gasteiger partial charge in [-0.25, -0.2) is 0 Å². The van der Waals surface area contributed by atoms with Crippen molar-refractivity contribution in [3.8, 4) is 33.4 Å². The van der Waals surface area contributed by atoms with Crippen LogP contribution in [0.5, 0.6) is 0 Å². The van der Waals surface area contributed by atoms with E-state index in [0.29, 0.717) is 0 Å². The summed E-state index contributed by atoms with van der Waals surface area (Å²) in [6, 6.07) is 56.7. The molecule has 43 heavy (non-hydrogen) atoms. The van der Waals surface area contributed by atoms with Crippen LogP contribution in [0, 0.1) is 0 Å². The van der Waals surface area contributed by atoms with Crippen LogP contribution >= 0.6 is 0 Å². The molecule has 9 aromatic rings. The summed E-state index contributed by atoms with van der Waals surface area (Å²) in [6.45, 7) is 0. The molecule has 0 atom stereocenters. The number of benzene rings is 8. The highest BCUT2D eigenvalue weighted by Gasteiger charge is 2.20. The van der Waals surface area contributed by atoms with Crippen LogP contribution in [-0.4, -0.2) is 0 Å². The van der Waals surface area contributed by atoms with E-state index >= 15 is 0 Å². The van der Waals surface area contributed by atoms with E-state index in [0.717, 1.165) is 27.5 Å². The highest BCUT2D eigenvalue weighted by molar-refractivity contribution is 6.24. The van der Waals surface area contributed by atoms with E-state index in [1.54, 1.807) is 0 Å². The topological polar surface area (TPSA) is 13.1 Å². The number of hydrogen-bond acceptors (Lipinski definition) is 1. The molecule has 0 fully saturated rings. The molecule has 0 aliphatic rings. The molecule has 0 saturated carbocycles. The average Bonchev–Trinajstić information content (AvgIpc) is 3.45. The van der Waals surface area contributed by atoms with E-state index < -0.39 is 0 Å². The van der Waals surface area contributed by atoms with Gasteiger partial charge in [0.05, 0.1) is 0 Å². The zero-order valence-electron chi connectivity index (χ0n) is 23.4. The van der Waals surface area contributed by atoms with Crippen LogP contribution in [0.3, 0.4) is 0 Å². The third-order valence-electron chi connectivity index (χ3n) is 8.84.